The van der Waals surface area contributed by atoms with E-state index in [-0.39, 0.29) is 0 Å². The van der Waals surface area contributed by atoms with E-state index in [1.165, 1.54) is 32.2 Å². The number of hydrogen-bond acceptors (Lipinski definition) is 2. The van der Waals surface area contributed by atoms with Gasteiger partial charge in [-0.3, -0.25) is 0 Å². The van der Waals surface area contributed by atoms with E-state index in [1.54, 1.807) is 0 Å². The first-order valence-corrected chi connectivity index (χ1v) is 6.11. The smallest absolute Gasteiger partial charge is 0.0604 e. The van der Waals surface area contributed by atoms with Gasteiger partial charge < -0.3 is 10.1 Å². The van der Waals surface area contributed by atoms with Gasteiger partial charge in [-0.1, -0.05) is 20.3 Å². The molecule has 14 heavy (non-hydrogen) atoms. The SMILES string of the molecule is CCCC(C)CNC1CC(OCC)C1. The average Bonchev–Trinajstić information content (AvgIpc) is 2.09. The van der Waals surface area contributed by atoms with Crippen LogP contribution in [0, 0.1) is 5.92 Å². The first-order chi connectivity index (χ1) is 6.76. The van der Waals surface area contributed by atoms with E-state index in [0.29, 0.717) is 6.10 Å². The minimum atomic E-state index is 0.541. The topological polar surface area (TPSA) is 21.3 Å². The minimum Gasteiger partial charge on any atom is -0.378 e. The Morgan fingerprint density at radius 1 is 1.36 bits per heavy atom. The molecule has 84 valence electrons. The number of rotatable bonds is 7. The van der Waals surface area contributed by atoms with Crippen LogP contribution in [0.1, 0.15) is 46.5 Å². The number of ether oxygens (including phenoxy) is 1. The first-order valence-electron chi connectivity index (χ1n) is 6.11. The van der Waals surface area contributed by atoms with E-state index in [0.717, 1.165) is 18.6 Å². The van der Waals surface area contributed by atoms with Crippen LogP contribution in [0.25, 0.3) is 0 Å². The molecule has 0 bridgehead atoms. The molecular formula is C12H25NO. The molecule has 1 aliphatic rings. The molecule has 0 saturated heterocycles. The van der Waals surface area contributed by atoms with Crippen LogP contribution in [0.2, 0.25) is 0 Å². The lowest BCUT2D eigenvalue weighted by Crippen LogP contribution is -2.46. The van der Waals surface area contributed by atoms with Gasteiger partial charge in [0.25, 0.3) is 0 Å². The average molecular weight is 199 g/mol. The Morgan fingerprint density at radius 3 is 2.64 bits per heavy atom. The van der Waals surface area contributed by atoms with Gasteiger partial charge in [-0.15, -0.1) is 0 Å². The molecule has 0 aromatic heterocycles. The summed E-state index contributed by atoms with van der Waals surface area (Å²) >= 11 is 0. The molecule has 0 radical (unpaired) electrons. The van der Waals surface area contributed by atoms with Crippen molar-refractivity contribution in [1.82, 2.24) is 5.32 Å². The summed E-state index contributed by atoms with van der Waals surface area (Å²) in [5, 5.41) is 3.61. The fraction of sp³-hybridized carbons (Fsp3) is 1.00. The molecule has 0 amide bonds. The molecule has 2 nitrogen and oxygen atoms in total. The largest absolute Gasteiger partial charge is 0.378 e. The maximum Gasteiger partial charge on any atom is 0.0604 e. The van der Waals surface area contributed by atoms with Crippen molar-refractivity contribution in [2.24, 2.45) is 5.92 Å². The molecule has 1 rings (SSSR count). The van der Waals surface area contributed by atoms with Crippen LogP contribution in [0.4, 0.5) is 0 Å². The second-order valence-electron chi connectivity index (χ2n) is 4.55. The lowest BCUT2D eigenvalue weighted by molar-refractivity contribution is -0.0105. The van der Waals surface area contributed by atoms with Crippen LogP contribution in [0.15, 0.2) is 0 Å². The van der Waals surface area contributed by atoms with Gasteiger partial charge in [0.1, 0.15) is 0 Å². The zero-order valence-corrected chi connectivity index (χ0v) is 9.88. The summed E-state index contributed by atoms with van der Waals surface area (Å²) in [4.78, 5) is 0. The molecule has 1 fully saturated rings. The van der Waals surface area contributed by atoms with Crippen molar-refractivity contribution in [3.8, 4) is 0 Å². The summed E-state index contributed by atoms with van der Waals surface area (Å²) in [6, 6.07) is 0.728. The summed E-state index contributed by atoms with van der Waals surface area (Å²) in [7, 11) is 0. The van der Waals surface area contributed by atoms with Crippen LogP contribution in [0.3, 0.4) is 0 Å². The second-order valence-corrected chi connectivity index (χ2v) is 4.55. The Kier molecular flexibility index (Phi) is 5.49. The predicted octanol–water partition coefficient (Wildman–Crippen LogP) is 2.58. The van der Waals surface area contributed by atoms with Gasteiger partial charge >= 0.3 is 0 Å². The molecule has 0 aliphatic heterocycles. The highest BCUT2D eigenvalue weighted by Crippen LogP contribution is 2.23. The molecule has 0 aromatic carbocycles. The summed E-state index contributed by atoms with van der Waals surface area (Å²) < 4.78 is 5.52. The number of hydrogen-bond donors (Lipinski definition) is 1. The van der Waals surface area contributed by atoms with Crippen LogP contribution >= 0.6 is 0 Å². The van der Waals surface area contributed by atoms with Gasteiger partial charge in [-0.05, 0) is 38.6 Å². The number of nitrogens with one attached hydrogen (secondary N) is 1. The molecule has 0 spiro atoms. The Bertz CT molecular complexity index is 143. The Balaban J connectivity index is 1.95. The normalized spacial score (nSPS) is 28.5. The molecule has 1 unspecified atom stereocenters. The molecule has 1 saturated carbocycles. The van der Waals surface area contributed by atoms with Crippen molar-refractivity contribution in [2.45, 2.75) is 58.6 Å². The van der Waals surface area contributed by atoms with E-state index < -0.39 is 0 Å². The molecule has 1 N–H and O–H groups in total. The molecular weight excluding hydrogens is 174 g/mol. The lowest BCUT2D eigenvalue weighted by atomic mass is 9.88. The van der Waals surface area contributed by atoms with Gasteiger partial charge in [-0.2, -0.15) is 0 Å². The van der Waals surface area contributed by atoms with Gasteiger partial charge in [0.15, 0.2) is 0 Å². The van der Waals surface area contributed by atoms with Crippen LogP contribution in [-0.2, 0) is 4.74 Å². The Hall–Kier alpha value is -0.0800. The van der Waals surface area contributed by atoms with Gasteiger partial charge in [0.05, 0.1) is 6.10 Å². The molecule has 2 heteroatoms. The van der Waals surface area contributed by atoms with Crippen molar-refractivity contribution in [3.05, 3.63) is 0 Å². The van der Waals surface area contributed by atoms with E-state index in [1.807, 2.05) is 0 Å². The monoisotopic (exact) mass is 199 g/mol. The highest BCUT2D eigenvalue weighted by atomic mass is 16.5. The third-order valence-corrected chi connectivity index (χ3v) is 3.03. The van der Waals surface area contributed by atoms with Gasteiger partial charge in [0.2, 0.25) is 0 Å². The minimum absolute atomic E-state index is 0.541. The van der Waals surface area contributed by atoms with Crippen molar-refractivity contribution in [1.29, 1.82) is 0 Å². The predicted molar refractivity (Wildman–Crippen MR) is 60.5 cm³/mol. The zero-order valence-electron chi connectivity index (χ0n) is 9.88. The fourth-order valence-corrected chi connectivity index (χ4v) is 2.07. The highest BCUT2D eigenvalue weighted by Gasteiger charge is 2.28. The van der Waals surface area contributed by atoms with Crippen LogP contribution in [-0.4, -0.2) is 25.3 Å². The summed E-state index contributed by atoms with van der Waals surface area (Å²) in [6.07, 6.45) is 5.61. The second kappa shape index (κ2) is 6.41. The van der Waals surface area contributed by atoms with Crippen molar-refractivity contribution >= 4 is 0 Å². The Labute approximate surface area is 88.4 Å². The quantitative estimate of drug-likeness (QED) is 0.680. The molecule has 0 heterocycles. The molecule has 1 atom stereocenters. The molecule has 1 aliphatic carbocycles. The zero-order chi connectivity index (χ0) is 10.4. The fourth-order valence-electron chi connectivity index (χ4n) is 2.07. The Morgan fingerprint density at radius 2 is 2.07 bits per heavy atom. The highest BCUT2D eigenvalue weighted by molar-refractivity contribution is 4.86. The van der Waals surface area contributed by atoms with Gasteiger partial charge in [-0.25, -0.2) is 0 Å². The summed E-state index contributed by atoms with van der Waals surface area (Å²) in [6.45, 7) is 8.70. The maximum absolute atomic E-state index is 5.52. The van der Waals surface area contributed by atoms with Crippen molar-refractivity contribution in [2.75, 3.05) is 13.2 Å². The van der Waals surface area contributed by atoms with Crippen molar-refractivity contribution in [3.63, 3.8) is 0 Å². The van der Waals surface area contributed by atoms with E-state index in [9.17, 15) is 0 Å². The first kappa shape index (κ1) is 12.0. The van der Waals surface area contributed by atoms with E-state index in [2.05, 4.69) is 26.1 Å². The van der Waals surface area contributed by atoms with E-state index >= 15 is 0 Å². The third-order valence-electron chi connectivity index (χ3n) is 3.03. The summed E-state index contributed by atoms with van der Waals surface area (Å²) in [5.74, 6) is 0.825. The van der Waals surface area contributed by atoms with Crippen LogP contribution in [0.5, 0.6) is 0 Å². The standard InChI is InChI=1S/C12H25NO/c1-4-6-10(3)9-13-11-7-12(8-11)14-5-2/h10-13H,4-9H2,1-3H3. The van der Waals surface area contributed by atoms with Crippen LogP contribution < -0.4 is 5.32 Å². The lowest BCUT2D eigenvalue weighted by Gasteiger charge is -2.36. The van der Waals surface area contributed by atoms with E-state index in [4.69, 9.17) is 4.74 Å². The van der Waals surface area contributed by atoms with Gasteiger partial charge in [0, 0.05) is 12.6 Å². The summed E-state index contributed by atoms with van der Waals surface area (Å²) in [5.41, 5.74) is 0. The molecule has 0 aromatic rings. The van der Waals surface area contributed by atoms with Crippen molar-refractivity contribution < 1.29 is 4.74 Å². The third kappa shape index (κ3) is 3.97. The maximum atomic E-state index is 5.52.